The lowest BCUT2D eigenvalue weighted by Gasteiger charge is -2.37. The van der Waals surface area contributed by atoms with Crippen LogP contribution in [0.2, 0.25) is 0 Å². The van der Waals surface area contributed by atoms with Gasteiger partial charge in [-0.2, -0.15) is 0 Å². The molecule has 26 heavy (non-hydrogen) atoms. The summed E-state index contributed by atoms with van der Waals surface area (Å²) in [5, 5.41) is 2.97. The maximum atomic E-state index is 12.6. The topological polar surface area (TPSA) is 67.9 Å². The number of benzene rings is 1. The van der Waals surface area contributed by atoms with Gasteiger partial charge in [-0.15, -0.1) is 0 Å². The highest BCUT2D eigenvalue weighted by Gasteiger charge is 2.51. The Kier molecular flexibility index (Phi) is 4.96. The number of hydrogen-bond acceptors (Lipinski definition) is 4. The van der Waals surface area contributed by atoms with Gasteiger partial charge in [0.15, 0.2) is 5.79 Å². The smallest absolute Gasteiger partial charge is 0.226 e. The average molecular weight is 358 g/mol. The molecule has 1 saturated carbocycles. The van der Waals surface area contributed by atoms with E-state index in [0.717, 1.165) is 19.3 Å². The summed E-state index contributed by atoms with van der Waals surface area (Å²) in [6, 6.07) is 10.1. The van der Waals surface area contributed by atoms with E-state index in [1.54, 1.807) is 0 Å². The number of carbonyl (C=O) groups is 2. The molecular weight excluding hydrogens is 332 g/mol. The van der Waals surface area contributed by atoms with Gasteiger partial charge in [0.1, 0.15) is 0 Å². The van der Waals surface area contributed by atoms with Gasteiger partial charge in [-0.3, -0.25) is 9.59 Å². The first-order valence-corrected chi connectivity index (χ1v) is 9.55. The molecule has 1 spiro atoms. The Bertz CT molecular complexity index is 647. The van der Waals surface area contributed by atoms with Gasteiger partial charge in [0.25, 0.3) is 0 Å². The number of ether oxygens (including phenoxy) is 2. The van der Waals surface area contributed by atoms with Gasteiger partial charge in [-0.1, -0.05) is 30.3 Å². The minimum Gasteiger partial charge on any atom is -0.356 e. The van der Waals surface area contributed by atoms with Crippen LogP contribution >= 0.6 is 0 Å². The molecule has 2 atom stereocenters. The number of nitrogens with one attached hydrogen (secondary N) is 1. The first-order chi connectivity index (χ1) is 12.7. The lowest BCUT2D eigenvalue weighted by atomic mass is 10.0. The van der Waals surface area contributed by atoms with Crippen molar-refractivity contribution in [3.8, 4) is 0 Å². The first kappa shape index (κ1) is 17.5. The molecule has 3 fully saturated rings. The molecule has 6 nitrogen and oxygen atoms in total. The summed E-state index contributed by atoms with van der Waals surface area (Å²) >= 11 is 0. The zero-order valence-corrected chi connectivity index (χ0v) is 15.0. The Balaban J connectivity index is 1.19. The van der Waals surface area contributed by atoms with Crippen LogP contribution in [0.3, 0.4) is 0 Å². The van der Waals surface area contributed by atoms with Crippen LogP contribution in [-0.4, -0.2) is 55.3 Å². The second-order valence-corrected chi connectivity index (χ2v) is 7.41. The van der Waals surface area contributed by atoms with E-state index in [4.69, 9.17) is 9.47 Å². The van der Waals surface area contributed by atoms with Crippen molar-refractivity contribution in [1.82, 2.24) is 10.2 Å². The van der Waals surface area contributed by atoms with Crippen LogP contribution in [0, 0.1) is 11.8 Å². The predicted octanol–water partition coefficient (Wildman–Crippen LogP) is 1.35. The number of amides is 2. The van der Waals surface area contributed by atoms with Crippen LogP contribution in [0.1, 0.15) is 24.8 Å². The summed E-state index contributed by atoms with van der Waals surface area (Å²) in [6.45, 7) is 3.19. The molecule has 2 heterocycles. The number of nitrogens with zero attached hydrogens (tertiary/aromatic N) is 1. The van der Waals surface area contributed by atoms with Crippen molar-refractivity contribution in [2.45, 2.75) is 31.5 Å². The summed E-state index contributed by atoms with van der Waals surface area (Å²) in [7, 11) is 0. The molecule has 0 radical (unpaired) electrons. The highest BCUT2D eigenvalue weighted by Crippen LogP contribution is 2.41. The van der Waals surface area contributed by atoms with E-state index in [1.807, 2.05) is 23.1 Å². The molecule has 1 N–H and O–H groups in total. The van der Waals surface area contributed by atoms with Gasteiger partial charge in [0, 0.05) is 32.5 Å². The van der Waals surface area contributed by atoms with E-state index in [2.05, 4.69) is 17.4 Å². The maximum absolute atomic E-state index is 12.6. The van der Waals surface area contributed by atoms with Gasteiger partial charge in [0.2, 0.25) is 11.8 Å². The molecule has 2 amide bonds. The lowest BCUT2D eigenvalue weighted by molar-refractivity contribution is -0.187. The molecule has 3 aliphatic rings. The average Bonchev–Trinajstić information content (AvgIpc) is 3.36. The number of piperidine rings is 1. The molecule has 6 heteroatoms. The zero-order valence-electron chi connectivity index (χ0n) is 15.0. The molecular formula is C20H26N2O4. The number of carbonyl (C=O) groups excluding carboxylic acids is 2. The fraction of sp³-hybridized carbons (Fsp3) is 0.600. The van der Waals surface area contributed by atoms with Crippen LogP contribution in [0.4, 0.5) is 0 Å². The van der Waals surface area contributed by atoms with Crippen molar-refractivity contribution in [2.24, 2.45) is 11.8 Å². The van der Waals surface area contributed by atoms with Crippen molar-refractivity contribution in [2.75, 3.05) is 32.8 Å². The maximum Gasteiger partial charge on any atom is 0.226 e. The van der Waals surface area contributed by atoms with E-state index in [0.29, 0.717) is 39.3 Å². The van der Waals surface area contributed by atoms with Crippen LogP contribution in [0.15, 0.2) is 30.3 Å². The second kappa shape index (κ2) is 7.37. The van der Waals surface area contributed by atoms with E-state index >= 15 is 0 Å². The summed E-state index contributed by atoms with van der Waals surface area (Å²) in [5.74, 6) is -0.648. The number of likely N-dealkylation sites (tertiary alicyclic amines) is 1. The molecule has 1 aliphatic carbocycles. The Morgan fingerprint density at radius 2 is 1.77 bits per heavy atom. The highest BCUT2D eigenvalue weighted by atomic mass is 16.7. The Hall–Kier alpha value is -1.92. The van der Waals surface area contributed by atoms with Crippen molar-refractivity contribution in [3.05, 3.63) is 35.9 Å². The molecule has 1 aromatic rings. The molecule has 2 saturated heterocycles. The van der Waals surface area contributed by atoms with E-state index in [-0.39, 0.29) is 23.7 Å². The molecule has 4 rings (SSSR count). The third kappa shape index (κ3) is 3.76. The standard InChI is InChI=1S/C20H26N2O4/c23-18(21-9-6-15-4-2-1-3-5-15)16-14-17(16)19(24)22-10-7-20(8-11-22)25-12-13-26-20/h1-5,16-17H,6-14H2,(H,21,23). The van der Waals surface area contributed by atoms with Crippen LogP contribution in [-0.2, 0) is 25.5 Å². The normalized spacial score (nSPS) is 26.7. The second-order valence-electron chi connectivity index (χ2n) is 7.41. The van der Waals surface area contributed by atoms with E-state index in [9.17, 15) is 9.59 Å². The summed E-state index contributed by atoms with van der Waals surface area (Å²) in [4.78, 5) is 26.8. The molecule has 0 aromatic heterocycles. The predicted molar refractivity (Wildman–Crippen MR) is 95.2 cm³/mol. The molecule has 2 aliphatic heterocycles. The quantitative estimate of drug-likeness (QED) is 0.863. The van der Waals surface area contributed by atoms with Gasteiger partial charge < -0.3 is 19.7 Å². The Morgan fingerprint density at radius 3 is 2.46 bits per heavy atom. The first-order valence-electron chi connectivity index (χ1n) is 9.55. The van der Waals surface area contributed by atoms with Crippen molar-refractivity contribution in [3.63, 3.8) is 0 Å². The van der Waals surface area contributed by atoms with Gasteiger partial charge in [0.05, 0.1) is 25.0 Å². The van der Waals surface area contributed by atoms with Crippen LogP contribution in [0.5, 0.6) is 0 Å². The Morgan fingerprint density at radius 1 is 1.08 bits per heavy atom. The minimum atomic E-state index is -0.464. The minimum absolute atomic E-state index is 0.00946. The number of rotatable bonds is 5. The molecule has 0 bridgehead atoms. The van der Waals surface area contributed by atoms with Gasteiger partial charge in [-0.05, 0) is 18.4 Å². The summed E-state index contributed by atoms with van der Waals surface area (Å²) in [6.07, 6.45) is 2.93. The van der Waals surface area contributed by atoms with Crippen molar-refractivity contribution in [1.29, 1.82) is 0 Å². The van der Waals surface area contributed by atoms with Crippen molar-refractivity contribution < 1.29 is 19.1 Å². The largest absolute Gasteiger partial charge is 0.356 e. The van der Waals surface area contributed by atoms with Crippen LogP contribution < -0.4 is 5.32 Å². The van der Waals surface area contributed by atoms with E-state index in [1.165, 1.54) is 5.56 Å². The third-order valence-corrected chi connectivity index (χ3v) is 5.65. The van der Waals surface area contributed by atoms with Crippen molar-refractivity contribution >= 4 is 11.8 Å². The SMILES string of the molecule is O=C(NCCc1ccccc1)C1CC1C(=O)N1CCC2(CC1)OCCO2. The zero-order chi connectivity index (χ0) is 18.0. The van der Waals surface area contributed by atoms with Gasteiger partial charge >= 0.3 is 0 Å². The lowest BCUT2D eigenvalue weighted by Crippen LogP contribution is -2.48. The molecule has 1 aromatic carbocycles. The fourth-order valence-electron chi connectivity index (χ4n) is 3.95. The highest BCUT2D eigenvalue weighted by molar-refractivity contribution is 5.92. The van der Waals surface area contributed by atoms with Gasteiger partial charge in [-0.25, -0.2) is 0 Å². The monoisotopic (exact) mass is 358 g/mol. The molecule has 140 valence electrons. The fourth-order valence-corrected chi connectivity index (χ4v) is 3.95. The summed E-state index contributed by atoms with van der Waals surface area (Å²) < 4.78 is 11.4. The number of hydrogen-bond donors (Lipinski definition) is 1. The third-order valence-electron chi connectivity index (χ3n) is 5.65. The van der Waals surface area contributed by atoms with Crippen LogP contribution in [0.25, 0.3) is 0 Å². The van der Waals surface area contributed by atoms with E-state index < -0.39 is 5.79 Å². The molecule has 2 unspecified atom stereocenters. The Labute approximate surface area is 153 Å². The summed E-state index contributed by atoms with van der Waals surface area (Å²) in [5.41, 5.74) is 1.20.